The van der Waals surface area contributed by atoms with Crippen LogP contribution in [0.4, 0.5) is 11.5 Å². The minimum absolute atomic E-state index is 0.381. The molecule has 0 spiro atoms. The molecule has 0 saturated carbocycles. The van der Waals surface area contributed by atoms with Gasteiger partial charge in [0.25, 0.3) is 0 Å². The van der Waals surface area contributed by atoms with E-state index in [2.05, 4.69) is 10.1 Å². The number of imidazole rings is 1. The van der Waals surface area contributed by atoms with Crippen molar-refractivity contribution in [3.63, 3.8) is 0 Å². The molecule has 5 heteroatoms. The molecule has 0 saturated heterocycles. The smallest absolute Gasteiger partial charge is 0.177 e. The van der Waals surface area contributed by atoms with Crippen molar-refractivity contribution < 1.29 is 0 Å². The van der Waals surface area contributed by atoms with Crippen LogP contribution >= 0.6 is 0 Å². The Labute approximate surface area is 97.7 Å². The molecule has 0 amide bonds. The predicted molar refractivity (Wildman–Crippen MR) is 67.2 cm³/mol. The molecular weight excluding hydrogens is 214 g/mol. The number of anilines is 2. The zero-order valence-corrected chi connectivity index (χ0v) is 9.04. The van der Waals surface area contributed by atoms with Crippen LogP contribution in [0.2, 0.25) is 0 Å². The van der Waals surface area contributed by atoms with Crippen LogP contribution in [0.5, 0.6) is 0 Å². The standard InChI is InChI=1S/C12H11N5/c13-9-6-11(14)16-17-7-10(15-12(9)17)8-4-2-1-3-5-8/h1-7H,13H2,(H2,14,16). The maximum atomic E-state index is 5.85. The molecule has 0 fully saturated rings. The van der Waals surface area contributed by atoms with Crippen molar-refractivity contribution in [1.29, 1.82) is 0 Å². The lowest BCUT2D eigenvalue weighted by Gasteiger charge is -1.97. The van der Waals surface area contributed by atoms with E-state index in [1.807, 2.05) is 36.5 Å². The lowest BCUT2D eigenvalue weighted by molar-refractivity contribution is 0.948. The summed E-state index contributed by atoms with van der Waals surface area (Å²) in [6, 6.07) is 11.5. The molecule has 0 unspecified atom stereocenters. The monoisotopic (exact) mass is 225 g/mol. The van der Waals surface area contributed by atoms with Crippen LogP contribution in [-0.2, 0) is 0 Å². The summed E-state index contributed by atoms with van der Waals surface area (Å²) >= 11 is 0. The summed E-state index contributed by atoms with van der Waals surface area (Å²) in [5, 5.41) is 4.13. The van der Waals surface area contributed by atoms with Gasteiger partial charge in [-0.05, 0) is 0 Å². The molecule has 4 N–H and O–H groups in total. The van der Waals surface area contributed by atoms with Gasteiger partial charge in [0.15, 0.2) is 5.65 Å². The maximum absolute atomic E-state index is 5.85. The van der Waals surface area contributed by atoms with Gasteiger partial charge in [0.05, 0.1) is 17.6 Å². The molecule has 2 heterocycles. The molecule has 0 aliphatic heterocycles. The molecule has 1 aromatic carbocycles. The summed E-state index contributed by atoms with van der Waals surface area (Å²) in [5.41, 5.74) is 14.5. The fourth-order valence-electron chi connectivity index (χ4n) is 1.77. The summed E-state index contributed by atoms with van der Waals surface area (Å²) in [6.07, 6.45) is 1.82. The van der Waals surface area contributed by atoms with Gasteiger partial charge in [-0.1, -0.05) is 30.3 Å². The Hall–Kier alpha value is -2.56. The highest BCUT2D eigenvalue weighted by Gasteiger charge is 2.07. The minimum atomic E-state index is 0.381. The van der Waals surface area contributed by atoms with Crippen LogP contribution in [0.25, 0.3) is 16.9 Å². The normalized spacial score (nSPS) is 10.8. The van der Waals surface area contributed by atoms with Gasteiger partial charge < -0.3 is 11.5 Å². The van der Waals surface area contributed by atoms with Crippen molar-refractivity contribution in [3.05, 3.63) is 42.6 Å². The van der Waals surface area contributed by atoms with Gasteiger partial charge >= 0.3 is 0 Å². The highest BCUT2D eigenvalue weighted by atomic mass is 15.3. The number of rotatable bonds is 1. The van der Waals surface area contributed by atoms with Crippen molar-refractivity contribution in [2.24, 2.45) is 0 Å². The minimum Gasteiger partial charge on any atom is -0.396 e. The van der Waals surface area contributed by atoms with Crippen molar-refractivity contribution in [2.45, 2.75) is 0 Å². The quantitative estimate of drug-likeness (QED) is 0.658. The van der Waals surface area contributed by atoms with Crippen LogP contribution in [-0.4, -0.2) is 14.6 Å². The average Bonchev–Trinajstić information content (AvgIpc) is 2.74. The van der Waals surface area contributed by atoms with Gasteiger partial charge in [-0.2, -0.15) is 0 Å². The van der Waals surface area contributed by atoms with E-state index < -0.39 is 0 Å². The Balaban J connectivity index is 2.24. The summed E-state index contributed by atoms with van der Waals surface area (Å²) in [5.74, 6) is 0.381. The van der Waals surface area contributed by atoms with Crippen molar-refractivity contribution >= 4 is 17.2 Å². The fraction of sp³-hybridized carbons (Fsp3) is 0. The molecule has 0 radical (unpaired) electrons. The third kappa shape index (κ3) is 1.57. The zero-order chi connectivity index (χ0) is 11.8. The van der Waals surface area contributed by atoms with E-state index in [1.54, 1.807) is 10.6 Å². The van der Waals surface area contributed by atoms with E-state index in [0.717, 1.165) is 11.3 Å². The predicted octanol–water partition coefficient (Wildman–Crippen LogP) is 1.56. The largest absolute Gasteiger partial charge is 0.396 e. The van der Waals surface area contributed by atoms with E-state index in [4.69, 9.17) is 11.5 Å². The van der Waals surface area contributed by atoms with E-state index in [1.165, 1.54) is 0 Å². The first-order valence-corrected chi connectivity index (χ1v) is 5.21. The summed E-state index contributed by atoms with van der Waals surface area (Å²) in [6.45, 7) is 0. The fourth-order valence-corrected chi connectivity index (χ4v) is 1.77. The highest BCUT2D eigenvalue weighted by Crippen LogP contribution is 2.21. The highest BCUT2D eigenvalue weighted by molar-refractivity contribution is 5.71. The van der Waals surface area contributed by atoms with E-state index >= 15 is 0 Å². The third-order valence-corrected chi connectivity index (χ3v) is 2.54. The van der Waals surface area contributed by atoms with Crippen molar-refractivity contribution in [2.75, 3.05) is 11.5 Å². The first-order valence-electron chi connectivity index (χ1n) is 5.21. The van der Waals surface area contributed by atoms with Gasteiger partial charge in [-0.15, -0.1) is 5.10 Å². The maximum Gasteiger partial charge on any atom is 0.177 e. The van der Waals surface area contributed by atoms with Crippen molar-refractivity contribution in [1.82, 2.24) is 14.6 Å². The summed E-state index contributed by atoms with van der Waals surface area (Å²) < 4.78 is 1.60. The molecule has 2 aromatic heterocycles. The Morgan fingerprint density at radius 1 is 1.06 bits per heavy atom. The first kappa shape index (κ1) is 9.65. The van der Waals surface area contributed by atoms with Gasteiger partial charge in [0.1, 0.15) is 5.82 Å². The number of benzene rings is 1. The second-order valence-electron chi connectivity index (χ2n) is 3.78. The van der Waals surface area contributed by atoms with E-state index in [-0.39, 0.29) is 0 Å². The Kier molecular flexibility index (Phi) is 1.98. The molecule has 5 nitrogen and oxygen atoms in total. The van der Waals surface area contributed by atoms with Crippen LogP contribution in [0, 0.1) is 0 Å². The lowest BCUT2D eigenvalue weighted by Crippen LogP contribution is -2.00. The second kappa shape index (κ2) is 3.48. The second-order valence-corrected chi connectivity index (χ2v) is 3.78. The van der Waals surface area contributed by atoms with Gasteiger partial charge in [0.2, 0.25) is 0 Å². The Morgan fingerprint density at radius 2 is 1.82 bits per heavy atom. The molecular formula is C12H11N5. The number of nitrogen functional groups attached to an aromatic ring is 2. The molecule has 3 aromatic rings. The number of aromatic nitrogens is 3. The molecule has 0 bridgehead atoms. The van der Waals surface area contributed by atoms with Crippen molar-refractivity contribution in [3.8, 4) is 11.3 Å². The molecule has 0 atom stereocenters. The Morgan fingerprint density at radius 3 is 2.59 bits per heavy atom. The van der Waals surface area contributed by atoms with Crippen LogP contribution in [0.15, 0.2) is 42.6 Å². The van der Waals surface area contributed by atoms with E-state index in [9.17, 15) is 0 Å². The molecule has 3 rings (SSSR count). The number of nitrogens with zero attached hydrogens (tertiary/aromatic N) is 3. The zero-order valence-electron chi connectivity index (χ0n) is 9.04. The number of nitrogens with two attached hydrogens (primary N) is 2. The van der Waals surface area contributed by atoms with Crippen LogP contribution < -0.4 is 11.5 Å². The van der Waals surface area contributed by atoms with Crippen LogP contribution in [0.1, 0.15) is 0 Å². The SMILES string of the molecule is Nc1cc(N)c2nc(-c3ccccc3)cn2n1. The first-order chi connectivity index (χ1) is 8.24. The Bertz CT molecular complexity index is 672. The van der Waals surface area contributed by atoms with Gasteiger partial charge in [-0.3, -0.25) is 0 Å². The lowest BCUT2D eigenvalue weighted by atomic mass is 10.2. The third-order valence-electron chi connectivity index (χ3n) is 2.54. The van der Waals surface area contributed by atoms with E-state index in [0.29, 0.717) is 17.2 Å². The number of hydrogen-bond acceptors (Lipinski definition) is 4. The molecule has 84 valence electrons. The topological polar surface area (TPSA) is 82.2 Å². The number of hydrogen-bond donors (Lipinski definition) is 2. The summed E-state index contributed by atoms with van der Waals surface area (Å²) in [4.78, 5) is 4.44. The molecule has 17 heavy (non-hydrogen) atoms. The average molecular weight is 225 g/mol. The number of fused-ring (bicyclic) bond motifs is 1. The molecule has 0 aliphatic carbocycles. The van der Waals surface area contributed by atoms with Gasteiger partial charge in [-0.25, -0.2) is 9.50 Å². The van der Waals surface area contributed by atoms with Crippen LogP contribution in [0.3, 0.4) is 0 Å². The van der Waals surface area contributed by atoms with Gasteiger partial charge in [0, 0.05) is 11.6 Å². The molecule has 0 aliphatic rings. The summed E-state index contributed by atoms with van der Waals surface area (Å²) in [7, 11) is 0.